The van der Waals surface area contributed by atoms with Crippen molar-refractivity contribution < 1.29 is 14.9 Å². The zero-order valence-electron chi connectivity index (χ0n) is 7.62. The highest BCUT2D eigenvalue weighted by Crippen LogP contribution is 1.85. The molecular weight excluding hydrogens is 158 g/mol. The first-order valence-electron chi connectivity index (χ1n) is 4.29. The second-order valence-corrected chi connectivity index (χ2v) is 2.74. The average molecular weight is 177 g/mol. The van der Waals surface area contributed by atoms with E-state index in [1.54, 1.807) is 7.11 Å². The van der Waals surface area contributed by atoms with E-state index < -0.39 is 6.10 Å². The fourth-order valence-electron chi connectivity index (χ4n) is 0.882. The van der Waals surface area contributed by atoms with Gasteiger partial charge in [-0.05, 0) is 19.4 Å². The number of hydrogen-bond acceptors (Lipinski definition) is 4. The number of unbranched alkanes of at least 4 members (excludes halogenated alkanes) is 1. The van der Waals surface area contributed by atoms with Crippen LogP contribution in [0.15, 0.2) is 0 Å². The maximum absolute atomic E-state index is 9.17. The lowest BCUT2D eigenvalue weighted by molar-refractivity contribution is 0.0646. The standard InChI is InChI=1S/C8H19NO3/c1-12-7-8(11)6-9-4-2-3-5-10/h8-11H,2-7H2,1H3. The largest absolute Gasteiger partial charge is 0.396 e. The van der Waals surface area contributed by atoms with Crippen molar-refractivity contribution in [2.24, 2.45) is 0 Å². The van der Waals surface area contributed by atoms with Crippen LogP contribution in [0.2, 0.25) is 0 Å². The molecular formula is C8H19NO3. The maximum Gasteiger partial charge on any atom is 0.0897 e. The molecule has 0 aromatic rings. The van der Waals surface area contributed by atoms with Gasteiger partial charge in [-0.25, -0.2) is 0 Å². The highest BCUT2D eigenvalue weighted by atomic mass is 16.5. The van der Waals surface area contributed by atoms with Crippen molar-refractivity contribution in [1.29, 1.82) is 0 Å². The lowest BCUT2D eigenvalue weighted by atomic mass is 10.3. The lowest BCUT2D eigenvalue weighted by Crippen LogP contribution is -2.30. The van der Waals surface area contributed by atoms with Crippen LogP contribution in [0.4, 0.5) is 0 Å². The van der Waals surface area contributed by atoms with Gasteiger partial charge < -0.3 is 20.3 Å². The summed E-state index contributed by atoms with van der Waals surface area (Å²) in [6.45, 7) is 2.00. The number of hydrogen-bond donors (Lipinski definition) is 3. The first-order chi connectivity index (χ1) is 5.81. The van der Waals surface area contributed by atoms with Crippen molar-refractivity contribution in [3.8, 4) is 0 Å². The molecule has 4 heteroatoms. The van der Waals surface area contributed by atoms with Gasteiger partial charge in [0, 0.05) is 20.3 Å². The van der Waals surface area contributed by atoms with Crippen molar-refractivity contribution in [3.05, 3.63) is 0 Å². The Balaban J connectivity index is 2.97. The van der Waals surface area contributed by atoms with E-state index in [9.17, 15) is 0 Å². The predicted molar refractivity (Wildman–Crippen MR) is 47.1 cm³/mol. The fraction of sp³-hybridized carbons (Fsp3) is 1.00. The van der Waals surface area contributed by atoms with Crippen molar-refractivity contribution in [1.82, 2.24) is 5.32 Å². The SMILES string of the molecule is COCC(O)CNCCCCO. The maximum atomic E-state index is 9.17. The van der Waals surface area contributed by atoms with E-state index in [1.807, 2.05) is 0 Å². The second kappa shape index (κ2) is 8.93. The van der Waals surface area contributed by atoms with Crippen LogP contribution in [-0.2, 0) is 4.74 Å². The molecule has 4 nitrogen and oxygen atoms in total. The Hall–Kier alpha value is -0.160. The molecule has 0 aromatic heterocycles. The van der Waals surface area contributed by atoms with Crippen LogP contribution in [0, 0.1) is 0 Å². The van der Waals surface area contributed by atoms with Gasteiger partial charge >= 0.3 is 0 Å². The Bertz CT molecular complexity index is 90.4. The van der Waals surface area contributed by atoms with E-state index in [4.69, 9.17) is 14.9 Å². The van der Waals surface area contributed by atoms with Crippen LogP contribution in [0.25, 0.3) is 0 Å². The van der Waals surface area contributed by atoms with Crippen molar-refractivity contribution in [2.75, 3.05) is 33.4 Å². The van der Waals surface area contributed by atoms with Gasteiger partial charge in [-0.2, -0.15) is 0 Å². The first kappa shape index (κ1) is 11.8. The Labute approximate surface area is 73.5 Å². The molecule has 0 fully saturated rings. The van der Waals surface area contributed by atoms with E-state index in [1.165, 1.54) is 0 Å². The van der Waals surface area contributed by atoms with Crippen LogP contribution in [0.1, 0.15) is 12.8 Å². The minimum absolute atomic E-state index is 0.238. The third-order valence-corrected chi connectivity index (χ3v) is 1.50. The number of methoxy groups -OCH3 is 1. The summed E-state index contributed by atoms with van der Waals surface area (Å²) in [4.78, 5) is 0. The van der Waals surface area contributed by atoms with Crippen LogP contribution in [0.5, 0.6) is 0 Å². The summed E-state index contributed by atoms with van der Waals surface area (Å²) in [5.74, 6) is 0. The number of aliphatic hydroxyl groups is 2. The van der Waals surface area contributed by atoms with Crippen LogP contribution < -0.4 is 5.32 Å². The summed E-state index contributed by atoms with van der Waals surface area (Å²) in [5, 5.41) is 20.7. The smallest absolute Gasteiger partial charge is 0.0897 e. The van der Waals surface area contributed by atoms with Gasteiger partial charge in [0.1, 0.15) is 0 Å². The second-order valence-electron chi connectivity index (χ2n) is 2.74. The van der Waals surface area contributed by atoms with E-state index >= 15 is 0 Å². The van der Waals surface area contributed by atoms with Gasteiger partial charge in [0.05, 0.1) is 12.7 Å². The van der Waals surface area contributed by atoms with Crippen LogP contribution in [0.3, 0.4) is 0 Å². The molecule has 0 bridgehead atoms. The molecule has 0 aliphatic rings. The first-order valence-corrected chi connectivity index (χ1v) is 4.29. The average Bonchev–Trinajstić information content (AvgIpc) is 2.05. The minimum atomic E-state index is -0.427. The summed E-state index contributed by atoms with van der Waals surface area (Å²) < 4.78 is 4.75. The predicted octanol–water partition coefficient (Wildman–Crippen LogP) is -0.644. The molecule has 0 heterocycles. The van der Waals surface area contributed by atoms with Crippen molar-refractivity contribution >= 4 is 0 Å². The lowest BCUT2D eigenvalue weighted by Gasteiger charge is -2.09. The molecule has 12 heavy (non-hydrogen) atoms. The molecule has 0 aliphatic heterocycles. The quantitative estimate of drug-likeness (QED) is 0.431. The van der Waals surface area contributed by atoms with E-state index in [2.05, 4.69) is 5.32 Å². The van der Waals surface area contributed by atoms with Gasteiger partial charge in [0.25, 0.3) is 0 Å². The van der Waals surface area contributed by atoms with Gasteiger partial charge in [-0.1, -0.05) is 0 Å². The number of rotatable bonds is 8. The molecule has 0 amide bonds. The summed E-state index contributed by atoms with van der Waals surface area (Å²) in [6, 6.07) is 0. The molecule has 0 spiro atoms. The van der Waals surface area contributed by atoms with Crippen molar-refractivity contribution in [3.63, 3.8) is 0 Å². The van der Waals surface area contributed by atoms with Gasteiger partial charge in [-0.15, -0.1) is 0 Å². The van der Waals surface area contributed by atoms with Gasteiger partial charge in [0.2, 0.25) is 0 Å². The van der Waals surface area contributed by atoms with E-state index in [0.29, 0.717) is 13.2 Å². The molecule has 0 saturated carbocycles. The molecule has 0 radical (unpaired) electrons. The third kappa shape index (κ3) is 7.94. The monoisotopic (exact) mass is 177 g/mol. The molecule has 0 saturated heterocycles. The zero-order valence-corrected chi connectivity index (χ0v) is 7.62. The Kier molecular flexibility index (Phi) is 8.81. The number of aliphatic hydroxyl groups excluding tert-OH is 2. The van der Waals surface area contributed by atoms with E-state index in [0.717, 1.165) is 19.4 Å². The molecule has 0 rings (SSSR count). The molecule has 0 aliphatic carbocycles. The summed E-state index contributed by atoms with van der Waals surface area (Å²) >= 11 is 0. The molecule has 1 unspecified atom stereocenters. The fourth-order valence-corrected chi connectivity index (χ4v) is 0.882. The molecule has 0 aromatic carbocycles. The molecule has 3 N–H and O–H groups in total. The summed E-state index contributed by atoms with van der Waals surface area (Å²) in [5.41, 5.74) is 0. The van der Waals surface area contributed by atoms with Crippen LogP contribution in [-0.4, -0.2) is 49.7 Å². The Morgan fingerprint density at radius 2 is 2.17 bits per heavy atom. The minimum Gasteiger partial charge on any atom is -0.396 e. The molecule has 1 atom stereocenters. The van der Waals surface area contributed by atoms with E-state index in [-0.39, 0.29) is 6.61 Å². The highest BCUT2D eigenvalue weighted by Gasteiger charge is 2.00. The van der Waals surface area contributed by atoms with Gasteiger partial charge in [-0.3, -0.25) is 0 Å². The van der Waals surface area contributed by atoms with Gasteiger partial charge in [0.15, 0.2) is 0 Å². The van der Waals surface area contributed by atoms with Crippen LogP contribution >= 0.6 is 0 Å². The number of nitrogens with one attached hydrogen (secondary N) is 1. The Morgan fingerprint density at radius 3 is 2.75 bits per heavy atom. The normalized spacial score (nSPS) is 13.2. The third-order valence-electron chi connectivity index (χ3n) is 1.50. The topological polar surface area (TPSA) is 61.7 Å². The van der Waals surface area contributed by atoms with Crippen molar-refractivity contribution in [2.45, 2.75) is 18.9 Å². The summed E-state index contributed by atoms with van der Waals surface area (Å²) in [7, 11) is 1.56. The molecule has 74 valence electrons. The summed E-state index contributed by atoms with van der Waals surface area (Å²) in [6.07, 6.45) is 1.33. The highest BCUT2D eigenvalue weighted by molar-refractivity contribution is 4.57. The number of ether oxygens (including phenoxy) is 1. The Morgan fingerprint density at radius 1 is 1.42 bits per heavy atom. The zero-order chi connectivity index (χ0) is 9.23.